The van der Waals surface area contributed by atoms with E-state index in [-0.39, 0.29) is 53.8 Å². The summed E-state index contributed by atoms with van der Waals surface area (Å²) >= 11 is 0. The van der Waals surface area contributed by atoms with Crippen LogP contribution in [0.3, 0.4) is 0 Å². The number of aliphatic hydroxyl groups excluding tert-OH is 2. The lowest BCUT2D eigenvalue weighted by molar-refractivity contribution is -0.373. The molecular formula is C51H64N2O13. The minimum atomic E-state index is -2.47. The first-order valence-electron chi connectivity index (χ1n) is 22.9. The highest BCUT2D eigenvalue weighted by molar-refractivity contribution is 6.10. The van der Waals surface area contributed by atoms with Gasteiger partial charge in [0.1, 0.15) is 58.7 Å². The van der Waals surface area contributed by atoms with Crippen LogP contribution in [0.4, 0.5) is 0 Å². The summed E-state index contributed by atoms with van der Waals surface area (Å²) in [5.74, 6) is -9.38. The summed E-state index contributed by atoms with van der Waals surface area (Å²) in [7, 11) is 1.21. The summed E-state index contributed by atoms with van der Waals surface area (Å²) in [4.78, 5) is 44.1. The molecular weight excluding hydrogens is 849 g/mol. The van der Waals surface area contributed by atoms with Gasteiger partial charge in [-0.15, -0.1) is 0 Å². The quantitative estimate of drug-likeness (QED) is 0.117. The van der Waals surface area contributed by atoms with Crippen molar-refractivity contribution in [1.82, 2.24) is 0 Å². The Bertz CT molecular complexity index is 2340. The van der Waals surface area contributed by atoms with Gasteiger partial charge in [-0.05, 0) is 99.1 Å². The molecule has 1 aromatic rings. The van der Waals surface area contributed by atoms with Crippen LogP contribution in [0.1, 0.15) is 116 Å². The number of fused-ring (bicyclic) bond motifs is 5. The highest BCUT2D eigenvalue weighted by Gasteiger charge is 2.79. The van der Waals surface area contributed by atoms with E-state index in [2.05, 4.69) is 6.08 Å². The zero-order valence-corrected chi connectivity index (χ0v) is 39.8. The molecule has 66 heavy (non-hydrogen) atoms. The Morgan fingerprint density at radius 3 is 2.29 bits per heavy atom. The fourth-order valence-corrected chi connectivity index (χ4v) is 11.1. The number of hydrogen-bond donors (Lipinski definition) is 3. The van der Waals surface area contributed by atoms with E-state index in [1.54, 1.807) is 19.9 Å². The summed E-state index contributed by atoms with van der Waals surface area (Å²) in [5.41, 5.74) is -2.71. The molecule has 2 saturated heterocycles. The van der Waals surface area contributed by atoms with E-state index in [4.69, 9.17) is 33.2 Å². The minimum Gasteiger partial charge on any atom is -0.482 e. The molecule has 4 aliphatic heterocycles. The Hall–Kier alpha value is -4.87. The highest BCUT2D eigenvalue weighted by atomic mass is 16.8. The van der Waals surface area contributed by atoms with Crippen LogP contribution >= 0.6 is 0 Å². The predicted octanol–water partition coefficient (Wildman–Crippen LogP) is 6.41. The van der Waals surface area contributed by atoms with Gasteiger partial charge in [0.2, 0.25) is 6.29 Å². The molecule has 12 atom stereocenters. The number of nitriles is 2. The van der Waals surface area contributed by atoms with Crippen molar-refractivity contribution in [3.05, 3.63) is 57.7 Å². The maximum absolute atomic E-state index is 16.3. The number of aliphatic hydroxyl groups is 3. The molecule has 0 radical (unpaired) electrons. The van der Waals surface area contributed by atoms with E-state index in [1.165, 1.54) is 20.1 Å². The maximum Gasteiger partial charge on any atom is 0.333 e. The van der Waals surface area contributed by atoms with Gasteiger partial charge in [-0.2, -0.15) is 10.5 Å². The number of hydrogen-bond acceptors (Lipinski definition) is 15. The number of nitrogens with zero attached hydrogens (tertiary/aromatic N) is 2. The SMILES string of the molecule is COC(=O)/C(C)=C\CC1(O)C(=O)C2CC(C(C)C)C13Oc1c(CC=C(C)C)c4c(c(O[C@H]5O[C@H]6COC(C)(C)O[C@@H]6[C@@H](O)[C@@H]5O)c1C(=O)C3C2C(C#N)C#N)C=CC(C)(CCC=C(C)C)O4. The summed E-state index contributed by atoms with van der Waals surface area (Å²) in [6.07, 6.45) is 3.42. The topological polar surface area (TPSA) is 224 Å². The van der Waals surface area contributed by atoms with Gasteiger partial charge in [0, 0.05) is 35.3 Å². The number of ether oxygens (including phenoxy) is 7. The van der Waals surface area contributed by atoms with Crippen LogP contribution in [0.15, 0.2) is 41.0 Å². The number of carbonyl (C=O) groups is 3. The normalized spacial score (nSPS) is 34.9. The molecule has 3 aliphatic carbocycles. The molecule has 0 aromatic heterocycles. The monoisotopic (exact) mass is 912 g/mol. The average molecular weight is 913 g/mol. The number of carbonyl (C=O) groups excluding carboxylic acids is 3. The molecule has 15 heteroatoms. The predicted molar refractivity (Wildman–Crippen MR) is 239 cm³/mol. The van der Waals surface area contributed by atoms with Crippen LogP contribution in [0, 0.1) is 58.2 Å². The number of rotatable bonds is 12. The first kappa shape index (κ1) is 49.0. The van der Waals surface area contributed by atoms with Gasteiger partial charge in [-0.3, -0.25) is 9.59 Å². The van der Waals surface area contributed by atoms with Crippen molar-refractivity contribution in [3.8, 4) is 29.4 Å². The Balaban J connectivity index is 1.53. The Morgan fingerprint density at radius 1 is 0.985 bits per heavy atom. The fourth-order valence-electron chi connectivity index (χ4n) is 11.1. The van der Waals surface area contributed by atoms with E-state index in [1.807, 2.05) is 72.8 Å². The zero-order valence-electron chi connectivity index (χ0n) is 39.8. The van der Waals surface area contributed by atoms with Crippen molar-refractivity contribution in [1.29, 1.82) is 10.5 Å². The molecule has 3 N–H and O–H groups in total. The lowest BCUT2D eigenvalue weighted by Crippen LogP contribution is -2.82. The van der Waals surface area contributed by atoms with Crippen LogP contribution in [-0.4, -0.2) is 99.9 Å². The van der Waals surface area contributed by atoms with Gasteiger partial charge < -0.3 is 48.5 Å². The van der Waals surface area contributed by atoms with E-state index in [9.17, 15) is 30.6 Å². The van der Waals surface area contributed by atoms with Crippen molar-refractivity contribution in [2.45, 2.75) is 155 Å². The van der Waals surface area contributed by atoms with Crippen LogP contribution < -0.4 is 14.2 Å². The standard InChI is InChI=1S/C51H64N2O13/c1-25(2)13-12-18-49(10)19-17-31-41(65-49)30(15-14-26(3)4)43-36(42(31)63-47-40(56)39(55)44-34(62-47)24-61-48(8,9)64-44)38(54)37-35(29(22-52)23-53)32-21-33(27(5)6)51(37,66-43)50(59,45(32)57)20-16-28(7)46(58)60-11/h13-14,16-17,19,27,29,32-35,37,39-40,44,47,55-56,59H,12,15,18,20-21,24H2,1-11H3/b28-16-/t32?,33?,34-,35?,37?,39-,40-,44-,47+,49?,50?,51?/m0/s1. The van der Waals surface area contributed by atoms with E-state index >= 15 is 9.59 Å². The van der Waals surface area contributed by atoms with Gasteiger partial charge >= 0.3 is 5.97 Å². The first-order valence-corrected chi connectivity index (χ1v) is 22.9. The third-order valence-electron chi connectivity index (χ3n) is 14.5. The van der Waals surface area contributed by atoms with Crippen molar-refractivity contribution in [2.24, 2.45) is 35.5 Å². The molecule has 15 nitrogen and oxygen atoms in total. The number of ketones is 2. The Kier molecular flexibility index (Phi) is 13.4. The van der Waals surface area contributed by atoms with Crippen LogP contribution in [-0.2, 0) is 35.0 Å². The molecule has 4 heterocycles. The van der Waals surface area contributed by atoms with E-state index < -0.39 is 107 Å². The van der Waals surface area contributed by atoms with Gasteiger partial charge in [0.25, 0.3) is 0 Å². The lowest BCUT2D eigenvalue weighted by atomic mass is 9.40. The van der Waals surface area contributed by atoms with Crippen molar-refractivity contribution >= 4 is 23.6 Å². The molecule has 0 amide bonds. The smallest absolute Gasteiger partial charge is 0.333 e. The summed E-state index contributed by atoms with van der Waals surface area (Å²) < 4.78 is 44.3. The van der Waals surface area contributed by atoms with E-state index in [0.29, 0.717) is 24.0 Å². The molecule has 7 unspecified atom stereocenters. The Labute approximate surface area is 387 Å². The second-order valence-electron chi connectivity index (χ2n) is 20.3. The average Bonchev–Trinajstić information content (AvgIpc) is 3.25. The second kappa shape index (κ2) is 18.0. The Morgan fingerprint density at radius 2 is 1.67 bits per heavy atom. The number of allylic oxidation sites excluding steroid dienone is 4. The number of methoxy groups -OCH3 is 1. The van der Waals surface area contributed by atoms with E-state index in [0.717, 1.165) is 11.1 Å². The maximum atomic E-state index is 16.3. The first-order chi connectivity index (χ1) is 31.0. The van der Waals surface area contributed by atoms with Crippen LogP contribution in [0.25, 0.3) is 6.08 Å². The summed E-state index contributed by atoms with van der Waals surface area (Å²) in [6, 6.07) is 4.08. The molecule has 7 aliphatic rings. The fraction of sp³-hybridized carbons (Fsp3) is 0.627. The van der Waals surface area contributed by atoms with Crippen LogP contribution in [0.2, 0.25) is 0 Å². The number of esters is 1. The molecule has 3 saturated carbocycles. The summed E-state index contributed by atoms with van der Waals surface area (Å²) in [5, 5.41) is 57.7. The van der Waals surface area contributed by atoms with Crippen LogP contribution in [0.5, 0.6) is 17.2 Å². The number of Topliss-reactive ketones (excluding diaryl/α,β-unsaturated/α-hetero) is 2. The zero-order chi connectivity index (χ0) is 48.4. The van der Waals surface area contributed by atoms with Crippen molar-refractivity contribution in [3.63, 3.8) is 0 Å². The molecule has 2 bridgehead atoms. The highest BCUT2D eigenvalue weighted by Crippen LogP contribution is 2.67. The van der Waals surface area contributed by atoms with Gasteiger partial charge in [-0.1, -0.05) is 43.2 Å². The number of benzene rings is 1. The molecule has 356 valence electrons. The van der Waals surface area contributed by atoms with Gasteiger partial charge in [0.15, 0.2) is 28.6 Å². The molecule has 1 aromatic carbocycles. The molecule has 1 spiro atoms. The second-order valence-corrected chi connectivity index (χ2v) is 20.3. The largest absolute Gasteiger partial charge is 0.482 e. The van der Waals surface area contributed by atoms with Gasteiger partial charge in [-0.25, -0.2) is 4.79 Å². The van der Waals surface area contributed by atoms with Gasteiger partial charge in [0.05, 0.1) is 37.3 Å². The molecule has 5 fully saturated rings. The summed E-state index contributed by atoms with van der Waals surface area (Å²) in [6.45, 7) is 18.4. The van der Waals surface area contributed by atoms with Crippen molar-refractivity contribution < 1.29 is 62.9 Å². The third-order valence-corrected chi connectivity index (χ3v) is 14.5. The minimum absolute atomic E-state index is 0.0152. The third kappa shape index (κ3) is 8.09. The lowest BCUT2D eigenvalue weighted by Gasteiger charge is -2.67. The molecule has 8 rings (SSSR count). The van der Waals surface area contributed by atoms with Crippen molar-refractivity contribution in [2.75, 3.05) is 13.7 Å².